The Morgan fingerprint density at radius 3 is 2.55 bits per heavy atom. The predicted octanol–water partition coefficient (Wildman–Crippen LogP) is 3.21. The molecule has 1 N–H and O–H groups in total. The van der Waals surface area contributed by atoms with Crippen LogP contribution in [0.1, 0.15) is 15.9 Å². The van der Waals surface area contributed by atoms with Gasteiger partial charge in [-0.2, -0.15) is 11.8 Å². The van der Waals surface area contributed by atoms with Gasteiger partial charge >= 0.3 is 0 Å². The minimum absolute atomic E-state index is 0.182. The van der Waals surface area contributed by atoms with Crippen molar-refractivity contribution < 1.29 is 13.2 Å². The maximum atomic E-state index is 12.3. The smallest absolute Gasteiger partial charge is 0.255 e. The van der Waals surface area contributed by atoms with Crippen LogP contribution in [0, 0.1) is 0 Å². The number of carbonyl (C=O) groups is 1. The highest BCUT2D eigenvalue weighted by molar-refractivity contribution is 7.97. The van der Waals surface area contributed by atoms with Gasteiger partial charge in [-0.1, -0.05) is 18.2 Å². The van der Waals surface area contributed by atoms with Crippen molar-refractivity contribution in [3.63, 3.8) is 0 Å². The van der Waals surface area contributed by atoms with Crippen molar-refractivity contribution in [3.8, 4) is 0 Å². The van der Waals surface area contributed by atoms with Crippen LogP contribution in [-0.2, 0) is 15.6 Å². The molecule has 0 fully saturated rings. The summed E-state index contributed by atoms with van der Waals surface area (Å²) in [6, 6.07) is 13.6. The van der Waals surface area contributed by atoms with Crippen LogP contribution in [0.5, 0.6) is 0 Å². The molecule has 0 aliphatic heterocycles. The van der Waals surface area contributed by atoms with Gasteiger partial charge in [-0.05, 0) is 42.2 Å². The van der Waals surface area contributed by atoms with Gasteiger partial charge in [-0.25, -0.2) is 8.42 Å². The van der Waals surface area contributed by atoms with Gasteiger partial charge in [-0.15, -0.1) is 0 Å². The van der Waals surface area contributed by atoms with E-state index < -0.39 is 9.84 Å². The van der Waals surface area contributed by atoms with Crippen LogP contribution in [-0.4, -0.2) is 26.8 Å². The Morgan fingerprint density at radius 2 is 1.86 bits per heavy atom. The van der Waals surface area contributed by atoms with E-state index >= 15 is 0 Å². The first kappa shape index (κ1) is 16.6. The molecule has 0 spiro atoms. The molecular weight excluding hydrogens is 318 g/mol. The largest absolute Gasteiger partial charge is 0.322 e. The van der Waals surface area contributed by atoms with E-state index in [-0.39, 0.29) is 10.8 Å². The molecule has 6 heteroatoms. The number of thioether (sulfide) groups is 1. The number of carbonyl (C=O) groups excluding carboxylic acids is 1. The molecule has 116 valence electrons. The first-order chi connectivity index (χ1) is 10.4. The van der Waals surface area contributed by atoms with E-state index in [4.69, 9.17) is 0 Å². The molecule has 0 unspecified atom stereocenters. The highest BCUT2D eigenvalue weighted by Crippen LogP contribution is 2.17. The summed E-state index contributed by atoms with van der Waals surface area (Å²) in [6.45, 7) is 0. The SMILES string of the molecule is CSCc1cccc(C(=O)Nc2cccc(S(C)(=O)=O)c2)c1. The zero-order valence-electron chi connectivity index (χ0n) is 12.4. The van der Waals surface area contributed by atoms with E-state index in [0.29, 0.717) is 11.3 Å². The summed E-state index contributed by atoms with van der Waals surface area (Å²) in [6.07, 6.45) is 3.14. The lowest BCUT2D eigenvalue weighted by Crippen LogP contribution is -2.12. The van der Waals surface area contributed by atoms with E-state index in [2.05, 4.69) is 5.32 Å². The van der Waals surface area contributed by atoms with Crippen LogP contribution in [0.2, 0.25) is 0 Å². The van der Waals surface area contributed by atoms with Crippen LogP contribution in [0.15, 0.2) is 53.4 Å². The average Bonchev–Trinajstić information content (AvgIpc) is 2.47. The number of hydrogen-bond acceptors (Lipinski definition) is 4. The van der Waals surface area contributed by atoms with Crippen molar-refractivity contribution in [3.05, 3.63) is 59.7 Å². The van der Waals surface area contributed by atoms with E-state index in [1.165, 1.54) is 12.1 Å². The third-order valence-electron chi connectivity index (χ3n) is 3.02. The molecule has 0 aliphatic rings. The van der Waals surface area contributed by atoms with Gasteiger partial charge in [0.15, 0.2) is 9.84 Å². The maximum absolute atomic E-state index is 12.3. The fourth-order valence-corrected chi connectivity index (χ4v) is 3.16. The Balaban J connectivity index is 2.20. The molecule has 0 saturated heterocycles. The lowest BCUT2D eigenvalue weighted by molar-refractivity contribution is 0.102. The van der Waals surface area contributed by atoms with Gasteiger partial charge in [0.05, 0.1) is 4.90 Å². The fraction of sp³-hybridized carbons (Fsp3) is 0.188. The number of hydrogen-bond donors (Lipinski definition) is 1. The Bertz CT molecular complexity index is 785. The fourth-order valence-electron chi connectivity index (χ4n) is 1.98. The number of rotatable bonds is 5. The summed E-state index contributed by atoms with van der Waals surface area (Å²) in [5.74, 6) is 0.582. The van der Waals surface area contributed by atoms with Crippen LogP contribution in [0.3, 0.4) is 0 Å². The van der Waals surface area contributed by atoms with Crippen molar-refractivity contribution in [2.45, 2.75) is 10.6 Å². The molecule has 22 heavy (non-hydrogen) atoms. The first-order valence-electron chi connectivity index (χ1n) is 6.59. The van der Waals surface area contributed by atoms with Crippen LogP contribution in [0.25, 0.3) is 0 Å². The topological polar surface area (TPSA) is 63.2 Å². The molecule has 0 aliphatic carbocycles. The highest BCUT2D eigenvalue weighted by Gasteiger charge is 2.10. The van der Waals surface area contributed by atoms with E-state index in [1.54, 1.807) is 30.0 Å². The van der Waals surface area contributed by atoms with Gasteiger partial charge in [0, 0.05) is 23.3 Å². The van der Waals surface area contributed by atoms with E-state index in [9.17, 15) is 13.2 Å². The second-order valence-electron chi connectivity index (χ2n) is 4.89. The molecule has 0 aromatic heterocycles. The molecule has 4 nitrogen and oxygen atoms in total. The minimum atomic E-state index is -3.29. The quantitative estimate of drug-likeness (QED) is 0.911. The number of amides is 1. The monoisotopic (exact) mass is 335 g/mol. The third-order valence-corrected chi connectivity index (χ3v) is 4.75. The molecule has 0 bridgehead atoms. The molecule has 2 rings (SSSR count). The second kappa shape index (κ2) is 6.98. The minimum Gasteiger partial charge on any atom is -0.322 e. The average molecular weight is 335 g/mol. The van der Waals surface area contributed by atoms with Crippen molar-refractivity contribution in [2.24, 2.45) is 0 Å². The molecule has 2 aromatic carbocycles. The molecule has 1 amide bonds. The molecule has 0 atom stereocenters. The Hall–Kier alpha value is -1.79. The van der Waals surface area contributed by atoms with E-state index in [0.717, 1.165) is 17.6 Å². The Labute approximate surface area is 134 Å². The summed E-state index contributed by atoms with van der Waals surface area (Å²) in [7, 11) is -3.29. The van der Waals surface area contributed by atoms with Gasteiger partial charge in [-0.3, -0.25) is 4.79 Å². The summed E-state index contributed by atoms with van der Waals surface area (Å²) in [5, 5.41) is 2.73. The first-order valence-corrected chi connectivity index (χ1v) is 9.88. The molecule has 0 saturated carbocycles. The Kier molecular flexibility index (Phi) is 5.26. The van der Waals surface area contributed by atoms with E-state index in [1.807, 2.05) is 24.5 Å². The number of anilines is 1. The molecular formula is C16H17NO3S2. The third kappa shape index (κ3) is 4.35. The number of nitrogens with one attached hydrogen (secondary N) is 1. The predicted molar refractivity (Wildman–Crippen MR) is 91.2 cm³/mol. The zero-order valence-corrected chi connectivity index (χ0v) is 14.0. The zero-order chi connectivity index (χ0) is 16.2. The van der Waals surface area contributed by atoms with Crippen LogP contribution in [0.4, 0.5) is 5.69 Å². The summed E-state index contributed by atoms with van der Waals surface area (Å²) in [4.78, 5) is 12.4. The van der Waals surface area contributed by atoms with Crippen molar-refractivity contribution >= 4 is 33.2 Å². The molecule has 2 aromatic rings. The lowest BCUT2D eigenvalue weighted by Gasteiger charge is -2.08. The summed E-state index contributed by atoms with van der Waals surface area (Å²) >= 11 is 1.69. The summed E-state index contributed by atoms with van der Waals surface area (Å²) < 4.78 is 23.1. The highest BCUT2D eigenvalue weighted by atomic mass is 32.2. The van der Waals surface area contributed by atoms with Gasteiger partial charge in [0.25, 0.3) is 5.91 Å². The van der Waals surface area contributed by atoms with Crippen LogP contribution < -0.4 is 5.32 Å². The van der Waals surface area contributed by atoms with Gasteiger partial charge in [0.2, 0.25) is 0 Å². The number of sulfone groups is 1. The van der Waals surface area contributed by atoms with Crippen molar-refractivity contribution in [1.82, 2.24) is 0 Å². The summed E-state index contributed by atoms with van der Waals surface area (Å²) in [5.41, 5.74) is 2.09. The van der Waals surface area contributed by atoms with Crippen molar-refractivity contribution in [1.29, 1.82) is 0 Å². The molecule has 0 radical (unpaired) electrons. The van der Waals surface area contributed by atoms with Gasteiger partial charge < -0.3 is 5.32 Å². The van der Waals surface area contributed by atoms with Crippen LogP contribution >= 0.6 is 11.8 Å². The second-order valence-corrected chi connectivity index (χ2v) is 7.77. The maximum Gasteiger partial charge on any atom is 0.255 e. The molecule has 0 heterocycles. The van der Waals surface area contributed by atoms with Gasteiger partial charge in [0.1, 0.15) is 0 Å². The van der Waals surface area contributed by atoms with Crippen molar-refractivity contribution in [2.75, 3.05) is 17.8 Å². The normalized spacial score (nSPS) is 11.2. The number of benzene rings is 2. The lowest BCUT2D eigenvalue weighted by atomic mass is 10.1. The Morgan fingerprint density at radius 1 is 1.14 bits per heavy atom. The standard InChI is InChI=1S/C16H17NO3S2/c1-21-11-12-5-3-6-13(9-12)16(18)17-14-7-4-8-15(10-14)22(2,19)20/h3-10H,11H2,1-2H3,(H,17,18).